The molecule has 2 unspecified atom stereocenters. The number of likely N-dealkylation sites (N-methyl/N-ethyl adjacent to an activating group) is 1. The summed E-state index contributed by atoms with van der Waals surface area (Å²) in [5.41, 5.74) is 0. The van der Waals surface area contributed by atoms with E-state index in [4.69, 9.17) is 4.84 Å². The minimum absolute atomic E-state index is 0.0287. The van der Waals surface area contributed by atoms with Crippen molar-refractivity contribution in [2.45, 2.75) is 50.6 Å². The molecule has 1 heterocycles. The molecule has 19 heavy (non-hydrogen) atoms. The van der Waals surface area contributed by atoms with Crippen LogP contribution >= 0.6 is 0 Å². The second-order valence-electron chi connectivity index (χ2n) is 4.89. The van der Waals surface area contributed by atoms with Gasteiger partial charge in [-0.05, 0) is 19.9 Å². The van der Waals surface area contributed by atoms with Gasteiger partial charge in [-0.3, -0.25) is 9.59 Å². The van der Waals surface area contributed by atoms with Crippen LogP contribution in [0.2, 0.25) is 0 Å². The van der Waals surface area contributed by atoms with Crippen molar-refractivity contribution in [2.75, 3.05) is 7.05 Å². The van der Waals surface area contributed by atoms with E-state index < -0.39 is 17.9 Å². The monoisotopic (exact) mass is 269 g/mol. The summed E-state index contributed by atoms with van der Waals surface area (Å²) >= 11 is 0. The number of hydrogen-bond donors (Lipinski definition) is 2. The Bertz CT molecular complexity index is 369. The number of amides is 3. The first-order chi connectivity index (χ1) is 9.11. The fourth-order valence-electron chi connectivity index (χ4n) is 2.57. The van der Waals surface area contributed by atoms with E-state index in [0.29, 0.717) is 5.06 Å². The van der Waals surface area contributed by atoms with Crippen LogP contribution in [0.4, 0.5) is 4.79 Å². The first-order valence-electron chi connectivity index (χ1n) is 6.63. The molecule has 1 aliphatic carbocycles. The van der Waals surface area contributed by atoms with Crippen molar-refractivity contribution in [2.24, 2.45) is 0 Å². The lowest BCUT2D eigenvalue weighted by Gasteiger charge is -2.31. The molecule has 7 nitrogen and oxygen atoms in total. The molecule has 0 radical (unpaired) electrons. The van der Waals surface area contributed by atoms with Crippen LogP contribution in [0.3, 0.4) is 0 Å². The highest BCUT2D eigenvalue weighted by molar-refractivity contribution is 6.01. The van der Waals surface area contributed by atoms with Gasteiger partial charge in [-0.15, -0.1) is 5.06 Å². The fraction of sp³-hybridized carbons (Fsp3) is 0.750. The summed E-state index contributed by atoms with van der Waals surface area (Å²) < 4.78 is 0. The lowest BCUT2D eigenvalue weighted by Crippen LogP contribution is -2.51. The zero-order valence-corrected chi connectivity index (χ0v) is 11.0. The minimum atomic E-state index is -0.740. The first-order valence-corrected chi connectivity index (χ1v) is 6.63. The van der Waals surface area contributed by atoms with Crippen LogP contribution < -0.4 is 10.6 Å². The van der Waals surface area contributed by atoms with Gasteiger partial charge in [0.1, 0.15) is 0 Å². The average Bonchev–Trinajstić information content (AvgIpc) is 2.71. The summed E-state index contributed by atoms with van der Waals surface area (Å²) in [6, 6.07) is 0.172. The second-order valence-corrected chi connectivity index (χ2v) is 4.89. The van der Waals surface area contributed by atoms with Gasteiger partial charge in [-0.2, -0.15) is 0 Å². The number of nitrogens with zero attached hydrogens (tertiary/aromatic N) is 1. The molecule has 2 rings (SSSR count). The van der Waals surface area contributed by atoms with Crippen LogP contribution in [-0.4, -0.2) is 42.1 Å². The van der Waals surface area contributed by atoms with E-state index in [9.17, 15) is 14.4 Å². The molecule has 3 amide bonds. The number of imide groups is 1. The fourth-order valence-corrected chi connectivity index (χ4v) is 2.57. The molecule has 1 aliphatic heterocycles. The molecule has 2 atom stereocenters. The molecule has 0 aromatic heterocycles. The summed E-state index contributed by atoms with van der Waals surface area (Å²) in [4.78, 5) is 39.1. The van der Waals surface area contributed by atoms with Crippen molar-refractivity contribution in [3.63, 3.8) is 0 Å². The molecule has 0 aromatic carbocycles. The zero-order valence-electron chi connectivity index (χ0n) is 11.0. The molecule has 0 spiro atoms. The Morgan fingerprint density at radius 1 is 1.16 bits per heavy atom. The molecule has 0 bridgehead atoms. The topological polar surface area (TPSA) is 87.7 Å². The number of rotatable bonds is 3. The predicted octanol–water partition coefficient (Wildman–Crippen LogP) is 0.307. The maximum absolute atomic E-state index is 11.7. The molecule has 0 aromatic rings. The normalized spacial score (nSPS) is 27.5. The summed E-state index contributed by atoms with van der Waals surface area (Å²) in [6.07, 6.45) is 3.50. The van der Waals surface area contributed by atoms with Gasteiger partial charge in [0.05, 0.1) is 0 Å². The van der Waals surface area contributed by atoms with Gasteiger partial charge in [0, 0.05) is 24.9 Å². The molecule has 1 saturated heterocycles. The quantitative estimate of drug-likeness (QED) is 0.720. The summed E-state index contributed by atoms with van der Waals surface area (Å²) in [7, 11) is 1.85. The van der Waals surface area contributed by atoms with E-state index in [0.717, 1.165) is 25.7 Å². The molecule has 106 valence electrons. The van der Waals surface area contributed by atoms with Gasteiger partial charge in [-0.25, -0.2) is 4.79 Å². The van der Waals surface area contributed by atoms with Crippen molar-refractivity contribution < 1.29 is 19.2 Å². The minimum Gasteiger partial charge on any atom is -0.315 e. The summed E-state index contributed by atoms with van der Waals surface area (Å²) in [5.74, 6) is -0.928. The van der Waals surface area contributed by atoms with Crippen LogP contribution in [0.5, 0.6) is 0 Å². The van der Waals surface area contributed by atoms with Crippen LogP contribution in [-0.2, 0) is 14.4 Å². The molecule has 1 saturated carbocycles. The van der Waals surface area contributed by atoms with Gasteiger partial charge in [0.2, 0.25) is 0 Å². The SMILES string of the molecule is CNC1CCCCC1NC(=O)ON1C(=O)CCC1=O. The lowest BCUT2D eigenvalue weighted by molar-refractivity contribution is -0.171. The van der Waals surface area contributed by atoms with Crippen LogP contribution in [0.1, 0.15) is 38.5 Å². The number of carbonyl (C=O) groups excluding carboxylic acids is 3. The lowest BCUT2D eigenvalue weighted by atomic mass is 9.90. The maximum atomic E-state index is 11.7. The van der Waals surface area contributed by atoms with Crippen molar-refractivity contribution in [1.82, 2.24) is 15.7 Å². The highest BCUT2D eigenvalue weighted by atomic mass is 16.7. The van der Waals surface area contributed by atoms with Gasteiger partial charge in [-0.1, -0.05) is 12.8 Å². The molecule has 2 N–H and O–H groups in total. The van der Waals surface area contributed by atoms with E-state index >= 15 is 0 Å². The predicted molar refractivity (Wildman–Crippen MR) is 65.8 cm³/mol. The smallest absolute Gasteiger partial charge is 0.315 e. The molecular formula is C12H19N3O4. The number of hydrogen-bond acceptors (Lipinski definition) is 5. The number of carbonyl (C=O) groups is 3. The van der Waals surface area contributed by atoms with E-state index in [1.807, 2.05) is 7.05 Å². The second kappa shape index (κ2) is 6.01. The van der Waals surface area contributed by atoms with Crippen LogP contribution in [0.15, 0.2) is 0 Å². The standard InChI is InChI=1S/C12H19N3O4/c1-13-8-4-2-3-5-9(8)14-12(18)19-15-10(16)6-7-11(15)17/h8-9,13H,2-7H2,1H3,(H,14,18). The molecule has 7 heteroatoms. The summed E-state index contributed by atoms with van der Waals surface area (Å²) in [6.45, 7) is 0. The Hall–Kier alpha value is -1.63. The Labute approximate surface area is 111 Å². The Morgan fingerprint density at radius 2 is 1.74 bits per heavy atom. The average molecular weight is 269 g/mol. The molecule has 2 fully saturated rings. The third-order valence-electron chi connectivity index (χ3n) is 3.62. The van der Waals surface area contributed by atoms with Crippen LogP contribution in [0, 0.1) is 0 Å². The van der Waals surface area contributed by atoms with Gasteiger partial charge in [0.15, 0.2) is 0 Å². The molecule has 2 aliphatic rings. The van der Waals surface area contributed by atoms with E-state index in [1.54, 1.807) is 0 Å². The van der Waals surface area contributed by atoms with Crippen molar-refractivity contribution in [3.05, 3.63) is 0 Å². The highest BCUT2D eigenvalue weighted by Gasteiger charge is 2.34. The van der Waals surface area contributed by atoms with E-state index in [-0.39, 0.29) is 24.9 Å². The van der Waals surface area contributed by atoms with Crippen molar-refractivity contribution >= 4 is 17.9 Å². The number of nitrogens with one attached hydrogen (secondary N) is 2. The van der Waals surface area contributed by atoms with Crippen molar-refractivity contribution in [3.8, 4) is 0 Å². The van der Waals surface area contributed by atoms with Crippen molar-refractivity contribution in [1.29, 1.82) is 0 Å². The van der Waals surface area contributed by atoms with Gasteiger partial charge < -0.3 is 15.5 Å². The van der Waals surface area contributed by atoms with E-state index in [2.05, 4.69) is 10.6 Å². The third kappa shape index (κ3) is 3.23. The Balaban J connectivity index is 1.86. The number of hydroxylamine groups is 2. The highest BCUT2D eigenvalue weighted by Crippen LogP contribution is 2.19. The van der Waals surface area contributed by atoms with Crippen LogP contribution in [0.25, 0.3) is 0 Å². The zero-order chi connectivity index (χ0) is 13.8. The van der Waals surface area contributed by atoms with E-state index in [1.165, 1.54) is 0 Å². The largest absolute Gasteiger partial charge is 0.432 e. The molecular weight excluding hydrogens is 250 g/mol. The maximum Gasteiger partial charge on any atom is 0.432 e. The third-order valence-corrected chi connectivity index (χ3v) is 3.62. The summed E-state index contributed by atoms with van der Waals surface area (Å²) in [5, 5.41) is 6.43. The Kier molecular flexibility index (Phi) is 4.36. The Morgan fingerprint density at radius 3 is 2.32 bits per heavy atom. The van der Waals surface area contributed by atoms with Gasteiger partial charge >= 0.3 is 6.09 Å². The first kappa shape index (κ1) is 13.8. The van der Waals surface area contributed by atoms with Gasteiger partial charge in [0.25, 0.3) is 11.8 Å².